The molecule has 1 heterocycles. The first-order chi connectivity index (χ1) is 14.3. The van der Waals surface area contributed by atoms with Gasteiger partial charge >= 0.3 is 0 Å². The summed E-state index contributed by atoms with van der Waals surface area (Å²) in [5, 5.41) is 7.36. The van der Waals surface area contributed by atoms with Gasteiger partial charge in [-0.2, -0.15) is 4.98 Å². The lowest BCUT2D eigenvalue weighted by Gasteiger charge is -2.16. The van der Waals surface area contributed by atoms with Crippen molar-refractivity contribution in [3.8, 4) is 11.4 Å². The number of carbonyl (C=O) groups excluding carboxylic acids is 2. The number of aromatic nitrogens is 2. The summed E-state index contributed by atoms with van der Waals surface area (Å²) in [6.45, 7) is 1.90. The SMILES string of the molecule is Cc1ccc(-c2noc(CCC(=O)N(C)CC(=O)Nc3ccc(Cl)c(Cl)c3)n2)cc1. The molecule has 0 bridgehead atoms. The minimum absolute atomic E-state index is 0.0997. The van der Waals surface area contributed by atoms with Crippen LogP contribution < -0.4 is 5.32 Å². The highest BCUT2D eigenvalue weighted by atomic mass is 35.5. The Morgan fingerprint density at radius 1 is 1.10 bits per heavy atom. The third-order valence-corrected chi connectivity index (χ3v) is 5.08. The maximum absolute atomic E-state index is 12.3. The van der Waals surface area contributed by atoms with Crippen molar-refractivity contribution < 1.29 is 14.1 Å². The molecule has 2 amide bonds. The molecule has 0 aliphatic rings. The van der Waals surface area contributed by atoms with Crippen LogP contribution >= 0.6 is 23.2 Å². The van der Waals surface area contributed by atoms with E-state index in [-0.39, 0.29) is 31.2 Å². The summed E-state index contributed by atoms with van der Waals surface area (Å²) in [5.41, 5.74) is 2.49. The van der Waals surface area contributed by atoms with Crippen LogP contribution in [0.3, 0.4) is 0 Å². The lowest BCUT2D eigenvalue weighted by atomic mass is 10.1. The molecule has 3 rings (SSSR count). The second-order valence-corrected chi connectivity index (χ2v) is 7.62. The number of nitrogens with one attached hydrogen (secondary N) is 1. The highest BCUT2D eigenvalue weighted by Gasteiger charge is 2.16. The number of rotatable bonds is 7. The number of halogens is 2. The van der Waals surface area contributed by atoms with Gasteiger partial charge in [-0.1, -0.05) is 58.2 Å². The van der Waals surface area contributed by atoms with Gasteiger partial charge < -0.3 is 14.7 Å². The summed E-state index contributed by atoms with van der Waals surface area (Å²) >= 11 is 11.8. The minimum atomic E-state index is -0.344. The van der Waals surface area contributed by atoms with Gasteiger partial charge in [-0.15, -0.1) is 0 Å². The molecule has 0 saturated heterocycles. The van der Waals surface area contributed by atoms with E-state index in [1.165, 1.54) is 4.90 Å². The summed E-state index contributed by atoms with van der Waals surface area (Å²) in [6.07, 6.45) is 0.433. The number of hydrogen-bond acceptors (Lipinski definition) is 5. The van der Waals surface area contributed by atoms with E-state index in [1.807, 2.05) is 31.2 Å². The Bertz CT molecular complexity index is 1050. The number of benzene rings is 2. The van der Waals surface area contributed by atoms with Crippen molar-refractivity contribution in [1.82, 2.24) is 15.0 Å². The second-order valence-electron chi connectivity index (χ2n) is 6.80. The number of aryl methyl sites for hydroxylation is 2. The molecule has 0 spiro atoms. The molecule has 1 N–H and O–H groups in total. The van der Waals surface area contributed by atoms with E-state index >= 15 is 0 Å². The summed E-state index contributed by atoms with van der Waals surface area (Å²) in [6, 6.07) is 12.5. The Morgan fingerprint density at radius 2 is 1.83 bits per heavy atom. The third kappa shape index (κ3) is 5.81. The molecule has 0 aliphatic carbocycles. The van der Waals surface area contributed by atoms with Crippen molar-refractivity contribution >= 4 is 40.7 Å². The monoisotopic (exact) mass is 446 g/mol. The van der Waals surface area contributed by atoms with Crippen LogP contribution in [0, 0.1) is 6.92 Å². The predicted octanol–water partition coefficient (Wildman–Crippen LogP) is 4.38. The van der Waals surface area contributed by atoms with Gasteiger partial charge in [0.2, 0.25) is 23.5 Å². The molecule has 0 atom stereocenters. The average molecular weight is 447 g/mol. The van der Waals surface area contributed by atoms with Crippen LogP contribution in [0.4, 0.5) is 5.69 Å². The fourth-order valence-corrected chi connectivity index (χ4v) is 2.96. The van der Waals surface area contributed by atoms with E-state index in [0.29, 0.717) is 27.4 Å². The molecule has 3 aromatic rings. The fourth-order valence-electron chi connectivity index (χ4n) is 2.66. The van der Waals surface area contributed by atoms with Crippen molar-refractivity contribution in [2.24, 2.45) is 0 Å². The quantitative estimate of drug-likeness (QED) is 0.581. The van der Waals surface area contributed by atoms with Crippen LogP contribution in [0.5, 0.6) is 0 Å². The van der Waals surface area contributed by atoms with E-state index in [4.69, 9.17) is 27.7 Å². The first-order valence-electron chi connectivity index (χ1n) is 9.20. The zero-order valence-corrected chi connectivity index (χ0v) is 18.0. The number of carbonyl (C=O) groups is 2. The molecular weight excluding hydrogens is 427 g/mol. The van der Waals surface area contributed by atoms with Crippen molar-refractivity contribution in [2.45, 2.75) is 19.8 Å². The zero-order valence-electron chi connectivity index (χ0n) is 16.5. The largest absolute Gasteiger partial charge is 0.339 e. The lowest BCUT2D eigenvalue weighted by molar-refractivity contribution is -0.133. The Hall–Kier alpha value is -2.90. The standard InChI is InChI=1S/C21H20Cl2N4O3/c1-13-3-5-14(6-4-13)21-25-19(30-26-21)9-10-20(29)27(2)12-18(28)24-15-7-8-16(22)17(23)11-15/h3-8,11H,9-10,12H2,1-2H3,(H,24,28). The molecule has 0 unspecified atom stereocenters. The third-order valence-electron chi connectivity index (χ3n) is 4.34. The Kier molecular flexibility index (Phi) is 7.07. The first kappa shape index (κ1) is 21.8. The first-order valence-corrected chi connectivity index (χ1v) is 9.96. The lowest BCUT2D eigenvalue weighted by Crippen LogP contribution is -2.35. The van der Waals surface area contributed by atoms with E-state index in [1.54, 1.807) is 25.2 Å². The van der Waals surface area contributed by atoms with Crippen molar-refractivity contribution in [3.63, 3.8) is 0 Å². The van der Waals surface area contributed by atoms with Gasteiger partial charge in [-0.05, 0) is 25.1 Å². The Balaban J connectivity index is 1.49. The van der Waals surface area contributed by atoms with E-state index in [9.17, 15) is 9.59 Å². The molecule has 0 fully saturated rings. The molecular formula is C21H20Cl2N4O3. The topological polar surface area (TPSA) is 88.3 Å². The van der Waals surface area contributed by atoms with Gasteiger partial charge in [0, 0.05) is 31.1 Å². The number of likely N-dealkylation sites (N-methyl/N-ethyl adjacent to an activating group) is 1. The molecule has 156 valence electrons. The van der Waals surface area contributed by atoms with Crippen LogP contribution in [0.2, 0.25) is 10.0 Å². The normalized spacial score (nSPS) is 10.7. The minimum Gasteiger partial charge on any atom is -0.339 e. The molecule has 1 aromatic heterocycles. The fraction of sp³-hybridized carbons (Fsp3) is 0.238. The van der Waals surface area contributed by atoms with Crippen LogP contribution in [-0.2, 0) is 16.0 Å². The molecule has 30 heavy (non-hydrogen) atoms. The number of nitrogens with zero attached hydrogens (tertiary/aromatic N) is 3. The number of anilines is 1. The summed E-state index contributed by atoms with van der Waals surface area (Å²) in [7, 11) is 1.56. The molecule has 7 nitrogen and oxygen atoms in total. The Labute approximate surface area is 184 Å². The Morgan fingerprint density at radius 3 is 2.53 bits per heavy atom. The maximum atomic E-state index is 12.3. The van der Waals surface area contributed by atoms with Gasteiger partial charge in [-0.25, -0.2) is 0 Å². The smallest absolute Gasteiger partial charge is 0.243 e. The van der Waals surface area contributed by atoms with Crippen LogP contribution in [0.1, 0.15) is 17.9 Å². The summed E-state index contributed by atoms with van der Waals surface area (Å²) < 4.78 is 5.23. The number of hydrogen-bond donors (Lipinski definition) is 1. The number of amides is 2. The van der Waals surface area contributed by atoms with Gasteiger partial charge in [-0.3, -0.25) is 9.59 Å². The van der Waals surface area contributed by atoms with Gasteiger partial charge in [0.15, 0.2) is 0 Å². The van der Waals surface area contributed by atoms with Gasteiger partial charge in [0.1, 0.15) is 0 Å². The zero-order chi connectivity index (χ0) is 21.7. The average Bonchev–Trinajstić information content (AvgIpc) is 3.18. The highest BCUT2D eigenvalue weighted by Crippen LogP contribution is 2.25. The molecule has 0 radical (unpaired) electrons. The highest BCUT2D eigenvalue weighted by molar-refractivity contribution is 6.42. The van der Waals surface area contributed by atoms with Gasteiger partial charge in [0.25, 0.3) is 0 Å². The second kappa shape index (κ2) is 9.73. The summed E-state index contributed by atoms with van der Waals surface area (Å²) in [5.74, 6) is 0.289. The maximum Gasteiger partial charge on any atom is 0.243 e. The van der Waals surface area contributed by atoms with Crippen LogP contribution in [0.25, 0.3) is 11.4 Å². The van der Waals surface area contributed by atoms with Crippen molar-refractivity contribution in [3.05, 3.63) is 64.0 Å². The molecule has 0 aliphatic heterocycles. The van der Waals surface area contributed by atoms with Crippen LogP contribution in [-0.4, -0.2) is 40.4 Å². The van der Waals surface area contributed by atoms with Crippen molar-refractivity contribution in [2.75, 3.05) is 18.9 Å². The van der Waals surface area contributed by atoms with Gasteiger partial charge in [0.05, 0.1) is 16.6 Å². The van der Waals surface area contributed by atoms with E-state index in [0.717, 1.165) is 11.1 Å². The van der Waals surface area contributed by atoms with Crippen LogP contribution in [0.15, 0.2) is 47.0 Å². The molecule has 9 heteroatoms. The van der Waals surface area contributed by atoms with E-state index < -0.39 is 0 Å². The van der Waals surface area contributed by atoms with Crippen molar-refractivity contribution in [1.29, 1.82) is 0 Å². The molecule has 2 aromatic carbocycles. The predicted molar refractivity (Wildman–Crippen MR) is 116 cm³/mol. The summed E-state index contributed by atoms with van der Waals surface area (Å²) in [4.78, 5) is 30.2. The van der Waals surface area contributed by atoms with E-state index in [2.05, 4.69) is 15.5 Å². The molecule has 0 saturated carbocycles.